The molecule has 2 aromatic rings. The Labute approximate surface area is 132 Å². The molecule has 0 aliphatic rings. The van der Waals surface area contributed by atoms with E-state index in [2.05, 4.69) is 0 Å². The minimum absolute atomic E-state index is 0.0184. The molecule has 0 radical (unpaired) electrons. The first-order valence-corrected chi connectivity index (χ1v) is 7.56. The second-order valence-electron chi connectivity index (χ2n) is 4.46. The van der Waals surface area contributed by atoms with Crippen LogP contribution in [-0.2, 0) is 10.0 Å². The van der Waals surface area contributed by atoms with E-state index < -0.39 is 44.0 Å². The summed E-state index contributed by atoms with van der Waals surface area (Å²) < 4.78 is 97.0. The van der Waals surface area contributed by atoms with Crippen molar-refractivity contribution in [1.29, 1.82) is 0 Å². The van der Waals surface area contributed by atoms with E-state index in [9.17, 15) is 30.4 Å². The van der Waals surface area contributed by atoms with E-state index in [1.165, 1.54) is 13.2 Å². The molecular weight excluding hydrogens is 359 g/mol. The third kappa shape index (κ3) is 2.94. The van der Waals surface area contributed by atoms with Crippen molar-refractivity contribution in [3.05, 3.63) is 47.3 Å². The first-order chi connectivity index (χ1) is 11.1. The zero-order valence-corrected chi connectivity index (χ0v) is 12.6. The topological polar surface area (TPSA) is 81.4 Å². The van der Waals surface area contributed by atoms with E-state index >= 15 is 0 Å². The van der Waals surface area contributed by atoms with Crippen LogP contribution in [-0.4, -0.2) is 15.5 Å². The van der Waals surface area contributed by atoms with Gasteiger partial charge in [0.25, 0.3) is 10.0 Å². The maximum Gasteiger partial charge on any atom is 0.267 e. The molecule has 0 aliphatic heterocycles. The average Bonchev–Trinajstić information content (AvgIpc) is 2.50. The van der Waals surface area contributed by atoms with Crippen LogP contribution in [0.3, 0.4) is 0 Å². The smallest absolute Gasteiger partial charge is 0.267 e. The van der Waals surface area contributed by atoms with Crippen molar-refractivity contribution in [3.63, 3.8) is 0 Å². The number of sulfonamides is 1. The first kappa shape index (κ1) is 17.8. The van der Waals surface area contributed by atoms with Gasteiger partial charge in [0.15, 0.2) is 28.2 Å². The molecule has 0 amide bonds. The number of hydrogen-bond donors (Lipinski definition) is 2. The minimum Gasteiger partial charge on any atom is -0.495 e. The van der Waals surface area contributed by atoms with Crippen molar-refractivity contribution < 1.29 is 35.1 Å². The van der Waals surface area contributed by atoms with Gasteiger partial charge < -0.3 is 10.5 Å². The van der Waals surface area contributed by atoms with Crippen LogP contribution in [0.1, 0.15) is 0 Å². The van der Waals surface area contributed by atoms with Crippen molar-refractivity contribution >= 4 is 21.4 Å². The molecule has 0 spiro atoms. The summed E-state index contributed by atoms with van der Waals surface area (Å²) in [6.45, 7) is 0. The quantitative estimate of drug-likeness (QED) is 0.376. The van der Waals surface area contributed by atoms with Crippen molar-refractivity contribution in [2.45, 2.75) is 4.90 Å². The van der Waals surface area contributed by atoms with Crippen LogP contribution < -0.4 is 15.2 Å². The molecule has 130 valence electrons. The zero-order chi connectivity index (χ0) is 18.2. The van der Waals surface area contributed by atoms with Crippen LogP contribution in [0.25, 0.3) is 0 Å². The number of hydrogen-bond acceptors (Lipinski definition) is 4. The van der Waals surface area contributed by atoms with Crippen LogP contribution >= 0.6 is 0 Å². The Morgan fingerprint density at radius 3 is 1.92 bits per heavy atom. The Bertz CT molecular complexity index is 889. The molecule has 0 saturated carbocycles. The summed E-state index contributed by atoms with van der Waals surface area (Å²) in [6, 6.07) is 3.41. The number of methoxy groups -OCH3 is 1. The van der Waals surface area contributed by atoms with Gasteiger partial charge in [-0.25, -0.2) is 30.4 Å². The van der Waals surface area contributed by atoms with Gasteiger partial charge in [0.05, 0.1) is 18.5 Å². The highest BCUT2D eigenvalue weighted by Gasteiger charge is 2.33. The normalized spacial score (nSPS) is 11.4. The Hall–Kier alpha value is -2.56. The van der Waals surface area contributed by atoms with Gasteiger partial charge >= 0.3 is 0 Å². The SMILES string of the molecule is COc1ccc(NS(=O)(=O)c2c(F)c(F)c(F)c(F)c2F)cc1N. The van der Waals surface area contributed by atoms with Crippen LogP contribution in [0.2, 0.25) is 0 Å². The fourth-order valence-electron chi connectivity index (χ4n) is 1.82. The molecule has 0 bridgehead atoms. The molecule has 0 heterocycles. The Morgan fingerprint density at radius 1 is 0.958 bits per heavy atom. The minimum atomic E-state index is -5.12. The summed E-state index contributed by atoms with van der Waals surface area (Å²) in [6.07, 6.45) is 0. The number of nitrogen functional groups attached to an aromatic ring is 1. The predicted molar refractivity (Wildman–Crippen MR) is 74.4 cm³/mol. The summed E-state index contributed by atoms with van der Waals surface area (Å²) in [4.78, 5) is -1.99. The van der Waals surface area contributed by atoms with Crippen molar-refractivity contribution in [2.75, 3.05) is 17.6 Å². The zero-order valence-electron chi connectivity index (χ0n) is 11.8. The van der Waals surface area contributed by atoms with Gasteiger partial charge in [0, 0.05) is 0 Å². The van der Waals surface area contributed by atoms with Gasteiger partial charge in [-0.2, -0.15) is 0 Å². The van der Waals surface area contributed by atoms with E-state index in [1.54, 1.807) is 4.72 Å². The highest BCUT2D eigenvalue weighted by Crippen LogP contribution is 2.30. The van der Waals surface area contributed by atoms with Crippen LogP contribution in [0.4, 0.5) is 33.3 Å². The van der Waals surface area contributed by atoms with E-state index in [0.717, 1.165) is 12.1 Å². The van der Waals surface area contributed by atoms with Gasteiger partial charge in [0.2, 0.25) is 5.82 Å². The number of rotatable bonds is 4. The van der Waals surface area contributed by atoms with Crippen LogP contribution in [0.5, 0.6) is 5.75 Å². The number of halogens is 5. The molecule has 0 unspecified atom stereocenters. The number of nitrogens with one attached hydrogen (secondary N) is 1. The number of anilines is 2. The maximum absolute atomic E-state index is 13.6. The summed E-state index contributed by atoms with van der Waals surface area (Å²) in [7, 11) is -3.82. The fourth-order valence-corrected chi connectivity index (χ4v) is 3.02. The average molecular weight is 368 g/mol. The van der Waals surface area contributed by atoms with E-state index in [1.807, 2.05) is 0 Å². The molecule has 0 atom stereocenters. The van der Waals surface area contributed by atoms with E-state index in [4.69, 9.17) is 10.5 Å². The van der Waals surface area contributed by atoms with Crippen molar-refractivity contribution in [3.8, 4) is 5.75 Å². The molecule has 0 aliphatic carbocycles. The monoisotopic (exact) mass is 368 g/mol. The maximum atomic E-state index is 13.6. The lowest BCUT2D eigenvalue weighted by Gasteiger charge is -2.12. The number of nitrogens with two attached hydrogens (primary N) is 1. The summed E-state index contributed by atoms with van der Waals surface area (Å²) >= 11 is 0. The Morgan fingerprint density at radius 2 is 1.46 bits per heavy atom. The van der Waals surface area contributed by atoms with Crippen molar-refractivity contribution in [1.82, 2.24) is 0 Å². The molecule has 3 N–H and O–H groups in total. The first-order valence-electron chi connectivity index (χ1n) is 6.08. The Balaban J connectivity index is 2.55. The molecule has 24 heavy (non-hydrogen) atoms. The second kappa shape index (κ2) is 6.15. The van der Waals surface area contributed by atoms with E-state index in [0.29, 0.717) is 0 Å². The standard InChI is InChI=1S/C13H9F5N2O3S/c1-23-7-3-2-5(4-6(7)19)20-24(21,22)13-11(17)9(15)8(14)10(16)12(13)18/h2-4,20H,19H2,1H3. The largest absolute Gasteiger partial charge is 0.495 e. The molecule has 11 heteroatoms. The van der Waals surface area contributed by atoms with Gasteiger partial charge in [0.1, 0.15) is 5.75 Å². The fraction of sp³-hybridized carbons (Fsp3) is 0.0769. The van der Waals surface area contributed by atoms with Crippen LogP contribution in [0.15, 0.2) is 23.1 Å². The van der Waals surface area contributed by atoms with Crippen LogP contribution in [0, 0.1) is 29.1 Å². The number of ether oxygens (including phenoxy) is 1. The van der Waals surface area contributed by atoms with Gasteiger partial charge in [-0.1, -0.05) is 0 Å². The highest BCUT2D eigenvalue weighted by atomic mass is 32.2. The summed E-state index contributed by atoms with van der Waals surface area (Å²) in [5.41, 5.74) is 5.25. The predicted octanol–water partition coefficient (Wildman–Crippen LogP) is 2.77. The third-order valence-corrected chi connectivity index (χ3v) is 4.32. The lowest BCUT2D eigenvalue weighted by Crippen LogP contribution is -2.19. The molecule has 0 saturated heterocycles. The number of benzene rings is 2. The molecule has 0 fully saturated rings. The highest BCUT2D eigenvalue weighted by molar-refractivity contribution is 7.92. The van der Waals surface area contributed by atoms with E-state index in [-0.39, 0.29) is 17.1 Å². The van der Waals surface area contributed by atoms with Crippen molar-refractivity contribution in [2.24, 2.45) is 0 Å². The third-order valence-electron chi connectivity index (χ3n) is 2.92. The lowest BCUT2D eigenvalue weighted by atomic mass is 10.2. The summed E-state index contributed by atoms with van der Waals surface area (Å²) in [5.74, 6) is -12.0. The molecule has 5 nitrogen and oxygen atoms in total. The lowest BCUT2D eigenvalue weighted by molar-refractivity contribution is 0.358. The van der Waals surface area contributed by atoms with Gasteiger partial charge in [-0.3, -0.25) is 4.72 Å². The second-order valence-corrected chi connectivity index (χ2v) is 6.08. The van der Waals surface area contributed by atoms with Gasteiger partial charge in [-0.15, -0.1) is 0 Å². The molecule has 0 aromatic heterocycles. The van der Waals surface area contributed by atoms with Gasteiger partial charge in [-0.05, 0) is 18.2 Å². The Kier molecular flexibility index (Phi) is 4.56. The summed E-state index contributed by atoms with van der Waals surface area (Å²) in [5, 5.41) is 0. The molecule has 2 rings (SSSR count). The molecule has 2 aromatic carbocycles. The molecular formula is C13H9F5N2O3S.